The summed E-state index contributed by atoms with van der Waals surface area (Å²) in [7, 11) is 5.14. The number of carbonyl (C=O) groups excluding carboxylic acids is 1. The molecule has 2 rings (SSSR count). The largest absolute Gasteiger partial charge is 0.467 e. The van der Waals surface area contributed by atoms with Gasteiger partial charge in [0.1, 0.15) is 5.69 Å². The lowest BCUT2D eigenvalue weighted by Crippen LogP contribution is -2.22. The quantitative estimate of drug-likeness (QED) is 0.904. The highest BCUT2D eigenvalue weighted by molar-refractivity contribution is 7.14. The first-order chi connectivity index (χ1) is 9.60. The first-order valence-electron chi connectivity index (χ1n) is 5.80. The highest BCUT2D eigenvalue weighted by Gasteiger charge is 2.12. The maximum Gasteiger partial charge on any atom is 0.324 e. The van der Waals surface area contributed by atoms with Gasteiger partial charge in [-0.3, -0.25) is 5.32 Å². The van der Waals surface area contributed by atoms with Crippen LogP contribution in [0.2, 0.25) is 0 Å². The molecule has 0 spiro atoms. The summed E-state index contributed by atoms with van der Waals surface area (Å²) in [6.07, 6.45) is 1.51. The number of methoxy groups -OCH3 is 1. The van der Waals surface area contributed by atoms with Crippen LogP contribution < -0.4 is 20.3 Å². The molecule has 0 aliphatic rings. The Hall–Kier alpha value is -2.35. The predicted molar refractivity (Wildman–Crippen MR) is 79.9 cm³/mol. The zero-order valence-corrected chi connectivity index (χ0v) is 12.2. The number of ether oxygens (including phenoxy) is 1. The third kappa shape index (κ3) is 3.35. The lowest BCUT2D eigenvalue weighted by atomic mass is 10.4. The van der Waals surface area contributed by atoms with E-state index in [0.717, 1.165) is 5.00 Å². The average molecular weight is 293 g/mol. The van der Waals surface area contributed by atoms with Gasteiger partial charge < -0.3 is 15.0 Å². The van der Waals surface area contributed by atoms with Crippen LogP contribution in [0.15, 0.2) is 23.7 Å². The van der Waals surface area contributed by atoms with Crippen molar-refractivity contribution in [2.24, 2.45) is 0 Å². The Morgan fingerprint density at radius 3 is 2.80 bits per heavy atom. The monoisotopic (exact) mass is 293 g/mol. The molecule has 0 atom stereocenters. The molecule has 0 radical (unpaired) electrons. The van der Waals surface area contributed by atoms with Crippen molar-refractivity contribution in [2.45, 2.75) is 0 Å². The molecule has 0 aromatic carbocycles. The number of aromatic nitrogens is 2. The van der Waals surface area contributed by atoms with E-state index in [-0.39, 0.29) is 12.0 Å². The van der Waals surface area contributed by atoms with Crippen molar-refractivity contribution in [3.63, 3.8) is 0 Å². The van der Waals surface area contributed by atoms with Crippen LogP contribution in [0.1, 0.15) is 0 Å². The Labute approximate surface area is 120 Å². The molecule has 20 heavy (non-hydrogen) atoms. The molecule has 106 valence electrons. The van der Waals surface area contributed by atoms with E-state index < -0.39 is 0 Å². The molecular formula is C12H15N5O2S. The summed E-state index contributed by atoms with van der Waals surface area (Å²) in [6, 6.07) is 3.59. The van der Waals surface area contributed by atoms with Crippen LogP contribution >= 0.6 is 11.3 Å². The summed E-state index contributed by atoms with van der Waals surface area (Å²) < 4.78 is 4.97. The fourth-order valence-electron chi connectivity index (χ4n) is 1.50. The maximum absolute atomic E-state index is 11.9. The molecule has 7 nitrogen and oxygen atoms in total. The van der Waals surface area contributed by atoms with Gasteiger partial charge in [0, 0.05) is 14.1 Å². The lowest BCUT2D eigenvalue weighted by molar-refractivity contribution is 0.262. The molecule has 2 aromatic rings. The number of amides is 2. The molecule has 0 saturated heterocycles. The van der Waals surface area contributed by atoms with Crippen LogP contribution in [0.3, 0.4) is 0 Å². The summed E-state index contributed by atoms with van der Waals surface area (Å²) in [4.78, 5) is 21.8. The van der Waals surface area contributed by atoms with Gasteiger partial charge in [-0.05, 0) is 17.5 Å². The lowest BCUT2D eigenvalue weighted by Gasteiger charge is -2.16. The van der Waals surface area contributed by atoms with Crippen molar-refractivity contribution >= 4 is 33.9 Å². The molecule has 8 heteroatoms. The van der Waals surface area contributed by atoms with E-state index in [4.69, 9.17) is 4.74 Å². The third-order valence-electron chi connectivity index (χ3n) is 2.36. The van der Waals surface area contributed by atoms with Gasteiger partial charge in [-0.2, -0.15) is 4.98 Å². The Balaban J connectivity index is 2.13. The zero-order chi connectivity index (χ0) is 14.5. The molecule has 2 aromatic heterocycles. The number of nitrogens with zero attached hydrogens (tertiary/aromatic N) is 3. The first-order valence-corrected chi connectivity index (χ1v) is 6.68. The molecule has 0 unspecified atom stereocenters. The van der Waals surface area contributed by atoms with Crippen LogP contribution in [0.25, 0.3) is 0 Å². The van der Waals surface area contributed by atoms with Crippen LogP contribution in [0, 0.1) is 0 Å². The minimum absolute atomic E-state index is 0.248. The van der Waals surface area contributed by atoms with Gasteiger partial charge in [0.25, 0.3) is 0 Å². The van der Waals surface area contributed by atoms with Crippen molar-refractivity contribution < 1.29 is 9.53 Å². The van der Waals surface area contributed by atoms with Gasteiger partial charge >= 0.3 is 12.0 Å². The molecule has 0 aliphatic carbocycles. The van der Waals surface area contributed by atoms with Gasteiger partial charge in [-0.1, -0.05) is 0 Å². The SMILES string of the molecule is COc1ncc(NC(=O)Nc2cccs2)c(N(C)C)n1. The Bertz CT molecular complexity index is 586. The first kappa shape index (κ1) is 14.1. The fraction of sp³-hybridized carbons (Fsp3) is 0.250. The average Bonchev–Trinajstić information content (AvgIpc) is 2.91. The molecule has 2 amide bonds. The molecular weight excluding hydrogens is 278 g/mol. The number of nitrogens with one attached hydrogen (secondary N) is 2. The number of anilines is 3. The number of urea groups is 1. The minimum Gasteiger partial charge on any atom is -0.467 e. The summed E-state index contributed by atoms with van der Waals surface area (Å²) in [5.74, 6) is 0.568. The normalized spacial score (nSPS) is 9.95. The Morgan fingerprint density at radius 1 is 1.40 bits per heavy atom. The molecule has 2 N–H and O–H groups in total. The molecule has 2 heterocycles. The van der Waals surface area contributed by atoms with Crippen molar-refractivity contribution in [1.82, 2.24) is 9.97 Å². The van der Waals surface area contributed by atoms with Crippen LogP contribution in [0.5, 0.6) is 6.01 Å². The number of rotatable bonds is 4. The van der Waals surface area contributed by atoms with Gasteiger partial charge in [0.2, 0.25) is 0 Å². The summed E-state index contributed by atoms with van der Waals surface area (Å²) >= 11 is 1.44. The third-order valence-corrected chi connectivity index (χ3v) is 3.14. The zero-order valence-electron chi connectivity index (χ0n) is 11.4. The van der Waals surface area contributed by atoms with Crippen molar-refractivity contribution in [3.05, 3.63) is 23.7 Å². The summed E-state index contributed by atoms with van der Waals surface area (Å²) in [5.41, 5.74) is 0.504. The van der Waals surface area contributed by atoms with Gasteiger partial charge in [0.05, 0.1) is 18.3 Å². The van der Waals surface area contributed by atoms with E-state index in [9.17, 15) is 4.79 Å². The van der Waals surface area contributed by atoms with E-state index in [1.165, 1.54) is 24.6 Å². The Morgan fingerprint density at radius 2 is 2.20 bits per heavy atom. The summed E-state index contributed by atoms with van der Waals surface area (Å²) in [6.45, 7) is 0. The van der Waals surface area contributed by atoms with Crippen molar-refractivity contribution in [2.75, 3.05) is 36.7 Å². The van der Waals surface area contributed by atoms with Crippen LogP contribution in [-0.2, 0) is 0 Å². The van der Waals surface area contributed by atoms with Crippen LogP contribution in [0.4, 0.5) is 21.3 Å². The Kier molecular flexibility index (Phi) is 4.36. The second kappa shape index (κ2) is 6.20. The number of thiophene rings is 1. The van der Waals surface area contributed by atoms with E-state index in [1.54, 1.807) is 4.90 Å². The molecule has 0 bridgehead atoms. The van der Waals surface area contributed by atoms with E-state index in [0.29, 0.717) is 11.5 Å². The molecule has 0 aliphatic heterocycles. The molecule has 0 fully saturated rings. The topological polar surface area (TPSA) is 79.4 Å². The van der Waals surface area contributed by atoms with Gasteiger partial charge in [-0.15, -0.1) is 11.3 Å². The van der Waals surface area contributed by atoms with E-state index >= 15 is 0 Å². The smallest absolute Gasteiger partial charge is 0.324 e. The minimum atomic E-state index is -0.343. The van der Waals surface area contributed by atoms with E-state index in [2.05, 4.69) is 20.6 Å². The summed E-state index contributed by atoms with van der Waals surface area (Å²) in [5, 5.41) is 8.10. The van der Waals surface area contributed by atoms with Crippen molar-refractivity contribution in [1.29, 1.82) is 0 Å². The second-order valence-corrected chi connectivity index (χ2v) is 4.99. The second-order valence-electron chi connectivity index (χ2n) is 4.04. The van der Waals surface area contributed by atoms with Gasteiger partial charge in [0.15, 0.2) is 5.82 Å². The number of hydrogen-bond donors (Lipinski definition) is 2. The fourth-order valence-corrected chi connectivity index (χ4v) is 2.11. The maximum atomic E-state index is 11.9. The van der Waals surface area contributed by atoms with Crippen LogP contribution in [-0.4, -0.2) is 37.2 Å². The van der Waals surface area contributed by atoms with E-state index in [1.807, 2.05) is 31.6 Å². The number of carbonyl (C=O) groups is 1. The number of hydrogen-bond acceptors (Lipinski definition) is 6. The van der Waals surface area contributed by atoms with Gasteiger partial charge in [-0.25, -0.2) is 9.78 Å². The highest BCUT2D eigenvalue weighted by Crippen LogP contribution is 2.23. The highest BCUT2D eigenvalue weighted by atomic mass is 32.1. The van der Waals surface area contributed by atoms with Crippen molar-refractivity contribution in [3.8, 4) is 6.01 Å². The standard InChI is InChI=1S/C12H15N5O2S/c1-17(2)10-8(7-13-12(16-10)19-3)14-11(18)15-9-5-4-6-20-9/h4-7H,1-3H3,(H2,14,15,18). The molecule has 0 saturated carbocycles. The predicted octanol–water partition coefficient (Wildman–Crippen LogP) is 2.26.